The van der Waals surface area contributed by atoms with E-state index in [4.69, 9.17) is 33.6 Å². The van der Waals surface area contributed by atoms with Gasteiger partial charge in [0.25, 0.3) is 0 Å². The topological polar surface area (TPSA) is 88.0 Å². The van der Waals surface area contributed by atoms with Gasteiger partial charge in [0.1, 0.15) is 6.61 Å². The van der Waals surface area contributed by atoms with Gasteiger partial charge in [-0.15, -0.1) is 0 Å². The molecule has 0 amide bonds. The Morgan fingerprint density at radius 3 is 1.48 bits per heavy atom. The van der Waals surface area contributed by atoms with Crippen molar-refractivity contribution >= 4 is 5.71 Å². The maximum absolute atomic E-state index is 8.55. The third kappa shape index (κ3) is 27.2. The van der Waals surface area contributed by atoms with Gasteiger partial charge in [-0.05, 0) is 19.8 Å². The number of rotatable bonds is 26. The minimum atomic E-state index is 0.0373. The van der Waals surface area contributed by atoms with Crippen LogP contribution in [0.15, 0.2) is 5.16 Å². The van der Waals surface area contributed by atoms with Crippen LogP contribution in [0, 0.1) is 0 Å². The van der Waals surface area contributed by atoms with Gasteiger partial charge in [0.15, 0.2) is 0 Å². The minimum Gasteiger partial charge on any atom is -0.394 e. The maximum atomic E-state index is 8.55. The Morgan fingerprint density at radius 2 is 1.00 bits per heavy atom. The quantitative estimate of drug-likeness (QED) is 0.123. The van der Waals surface area contributed by atoms with Crippen LogP contribution in [0.1, 0.15) is 65.2 Å². The Labute approximate surface area is 189 Å². The molecule has 0 aromatic heterocycles. The minimum absolute atomic E-state index is 0.0373. The molecule has 0 spiro atoms. The molecule has 31 heavy (non-hydrogen) atoms. The van der Waals surface area contributed by atoms with Crippen LogP contribution in [0.3, 0.4) is 0 Å². The molecule has 0 heterocycles. The molecule has 0 aromatic rings. The zero-order valence-corrected chi connectivity index (χ0v) is 20.0. The first kappa shape index (κ1) is 30.2. The maximum Gasteiger partial charge on any atom is 0.140 e. The highest BCUT2D eigenvalue weighted by Gasteiger charge is 1.96. The zero-order valence-electron chi connectivity index (χ0n) is 20.0. The van der Waals surface area contributed by atoms with Crippen molar-refractivity contribution in [1.82, 2.24) is 0 Å². The number of unbranched alkanes of at least 4 members (excludes halogenated alkanes) is 6. The number of nitrogens with zero attached hydrogens (tertiary/aromatic N) is 1. The van der Waals surface area contributed by atoms with E-state index in [0.29, 0.717) is 72.7 Å². The number of aliphatic hydroxyl groups is 1. The summed E-state index contributed by atoms with van der Waals surface area (Å²) in [5.74, 6) is 0. The highest BCUT2D eigenvalue weighted by atomic mass is 16.6. The summed E-state index contributed by atoms with van der Waals surface area (Å²) in [5.41, 5.74) is 1.05. The molecule has 0 aromatic carbocycles. The molecule has 1 N–H and O–H groups in total. The van der Waals surface area contributed by atoms with E-state index in [1.807, 2.05) is 6.92 Å². The molecule has 8 heteroatoms. The second-order valence-corrected chi connectivity index (χ2v) is 7.32. The lowest BCUT2D eigenvalue weighted by atomic mass is 10.1. The summed E-state index contributed by atoms with van der Waals surface area (Å²) in [6, 6.07) is 0. The lowest BCUT2D eigenvalue weighted by Crippen LogP contribution is -2.14. The lowest BCUT2D eigenvalue weighted by molar-refractivity contribution is -0.0179. The fourth-order valence-corrected chi connectivity index (χ4v) is 2.68. The Hall–Kier alpha value is -0.770. The number of aliphatic hydroxyl groups excluding tert-OH is 1. The molecule has 0 atom stereocenters. The van der Waals surface area contributed by atoms with Crippen molar-refractivity contribution < 1.29 is 33.6 Å². The van der Waals surface area contributed by atoms with Gasteiger partial charge in [-0.2, -0.15) is 0 Å². The number of oxime groups is 1. The molecular formula is C23H47NO7. The lowest BCUT2D eigenvalue weighted by Gasteiger charge is -2.07. The SMILES string of the molecule is CCCCCCCCC/C(C)=N/OCCOCCOCCOCCOCCOCCO. The van der Waals surface area contributed by atoms with Crippen molar-refractivity contribution in [3.8, 4) is 0 Å². The number of ether oxygens (including phenoxy) is 5. The van der Waals surface area contributed by atoms with E-state index in [2.05, 4.69) is 12.1 Å². The van der Waals surface area contributed by atoms with E-state index in [1.165, 1.54) is 44.9 Å². The van der Waals surface area contributed by atoms with E-state index in [0.717, 1.165) is 12.1 Å². The van der Waals surface area contributed by atoms with Gasteiger partial charge in [0.05, 0.1) is 78.4 Å². The first-order valence-corrected chi connectivity index (χ1v) is 12.0. The van der Waals surface area contributed by atoms with E-state index >= 15 is 0 Å². The van der Waals surface area contributed by atoms with Crippen LogP contribution in [-0.4, -0.2) is 90.1 Å². The predicted octanol–water partition coefficient (Wildman–Crippen LogP) is 3.59. The molecule has 0 saturated carbocycles. The van der Waals surface area contributed by atoms with Crippen LogP contribution in [0.25, 0.3) is 0 Å². The fraction of sp³-hybridized carbons (Fsp3) is 0.957. The summed E-state index contributed by atoms with van der Waals surface area (Å²) in [6.07, 6.45) is 10.2. The molecule has 0 aliphatic carbocycles. The highest BCUT2D eigenvalue weighted by Crippen LogP contribution is 2.08. The van der Waals surface area contributed by atoms with Crippen molar-refractivity contribution in [2.75, 3.05) is 79.3 Å². The van der Waals surface area contributed by atoms with Crippen LogP contribution < -0.4 is 0 Å². The molecule has 0 fully saturated rings. The normalized spacial score (nSPS) is 11.9. The Balaban J connectivity index is 3.17. The van der Waals surface area contributed by atoms with Crippen molar-refractivity contribution in [2.45, 2.75) is 65.2 Å². The molecule has 0 unspecified atom stereocenters. The molecule has 0 bridgehead atoms. The van der Waals surface area contributed by atoms with Crippen LogP contribution in [0.2, 0.25) is 0 Å². The smallest absolute Gasteiger partial charge is 0.140 e. The van der Waals surface area contributed by atoms with Crippen molar-refractivity contribution in [1.29, 1.82) is 0 Å². The second-order valence-electron chi connectivity index (χ2n) is 7.32. The largest absolute Gasteiger partial charge is 0.394 e. The van der Waals surface area contributed by atoms with E-state index < -0.39 is 0 Å². The molecule has 0 radical (unpaired) electrons. The Morgan fingerprint density at radius 1 is 0.581 bits per heavy atom. The standard InChI is InChI=1S/C23H47NO7/c1-3-4-5-6-7-8-9-10-23(2)24-31-22-21-30-20-19-29-18-17-28-16-15-27-14-13-26-12-11-25/h25H,3-22H2,1-2H3/b24-23+. The summed E-state index contributed by atoms with van der Waals surface area (Å²) in [5, 5.41) is 12.7. The van der Waals surface area contributed by atoms with Gasteiger partial charge in [-0.25, -0.2) is 0 Å². The molecule has 0 rings (SSSR count). The number of hydrogen-bond donors (Lipinski definition) is 1. The third-order valence-corrected chi connectivity index (χ3v) is 4.41. The summed E-state index contributed by atoms with van der Waals surface area (Å²) in [7, 11) is 0. The zero-order chi connectivity index (χ0) is 22.7. The van der Waals surface area contributed by atoms with Gasteiger partial charge in [0.2, 0.25) is 0 Å². The van der Waals surface area contributed by atoms with E-state index in [9.17, 15) is 0 Å². The average molecular weight is 450 g/mol. The first-order valence-electron chi connectivity index (χ1n) is 12.0. The van der Waals surface area contributed by atoms with Crippen LogP contribution in [0.4, 0.5) is 0 Å². The Bertz CT molecular complexity index is 370. The first-order chi connectivity index (χ1) is 15.3. The summed E-state index contributed by atoms with van der Waals surface area (Å²) >= 11 is 0. The van der Waals surface area contributed by atoms with Crippen LogP contribution in [-0.2, 0) is 28.5 Å². The van der Waals surface area contributed by atoms with Crippen LogP contribution >= 0.6 is 0 Å². The summed E-state index contributed by atoms with van der Waals surface area (Å²) in [4.78, 5) is 5.30. The molecule has 0 saturated heterocycles. The highest BCUT2D eigenvalue weighted by molar-refractivity contribution is 5.81. The van der Waals surface area contributed by atoms with Crippen molar-refractivity contribution in [3.63, 3.8) is 0 Å². The van der Waals surface area contributed by atoms with Gasteiger partial charge >= 0.3 is 0 Å². The molecular weight excluding hydrogens is 402 g/mol. The molecule has 8 nitrogen and oxygen atoms in total. The van der Waals surface area contributed by atoms with Crippen molar-refractivity contribution in [3.05, 3.63) is 0 Å². The number of hydrogen-bond acceptors (Lipinski definition) is 8. The second kappa shape index (κ2) is 27.3. The monoisotopic (exact) mass is 449 g/mol. The van der Waals surface area contributed by atoms with Gasteiger partial charge < -0.3 is 33.6 Å². The average Bonchev–Trinajstić information content (AvgIpc) is 2.77. The van der Waals surface area contributed by atoms with Crippen molar-refractivity contribution in [2.24, 2.45) is 5.16 Å². The van der Waals surface area contributed by atoms with Crippen LogP contribution in [0.5, 0.6) is 0 Å². The third-order valence-electron chi connectivity index (χ3n) is 4.41. The van der Waals surface area contributed by atoms with Gasteiger partial charge in [-0.1, -0.05) is 50.6 Å². The van der Waals surface area contributed by atoms with Gasteiger partial charge in [-0.3, -0.25) is 0 Å². The molecule has 0 aliphatic heterocycles. The summed E-state index contributed by atoms with van der Waals surface area (Å²) < 4.78 is 26.7. The van der Waals surface area contributed by atoms with E-state index in [1.54, 1.807) is 0 Å². The summed E-state index contributed by atoms with van der Waals surface area (Å²) in [6.45, 7) is 9.77. The fourth-order valence-electron chi connectivity index (χ4n) is 2.68. The van der Waals surface area contributed by atoms with E-state index in [-0.39, 0.29) is 6.61 Å². The molecule has 0 aliphatic rings. The van der Waals surface area contributed by atoms with Gasteiger partial charge in [0, 0.05) is 0 Å². The Kier molecular flexibility index (Phi) is 26.6. The predicted molar refractivity (Wildman–Crippen MR) is 123 cm³/mol. The molecule has 186 valence electrons.